The van der Waals surface area contributed by atoms with Gasteiger partial charge in [0.1, 0.15) is 5.69 Å². The van der Waals surface area contributed by atoms with E-state index >= 15 is 0 Å². The molecule has 0 saturated carbocycles. The Kier molecular flexibility index (Phi) is 4.27. The number of hydrogen-bond acceptors (Lipinski definition) is 3. The lowest BCUT2D eigenvalue weighted by atomic mass is 10.2. The van der Waals surface area contributed by atoms with Crippen LogP contribution >= 0.6 is 11.6 Å². The summed E-state index contributed by atoms with van der Waals surface area (Å²) in [6.07, 6.45) is 1.78. The molecule has 1 heterocycles. The molecule has 0 radical (unpaired) electrons. The lowest BCUT2D eigenvalue weighted by Crippen LogP contribution is -2.35. The molecule has 1 aromatic rings. The van der Waals surface area contributed by atoms with E-state index in [1.54, 1.807) is 13.1 Å². The molecule has 0 aliphatic carbocycles. The first-order valence-corrected chi connectivity index (χ1v) is 5.19. The molecule has 0 spiro atoms. The molecule has 4 nitrogen and oxygen atoms in total. The molecule has 0 aliphatic rings. The molecule has 0 aliphatic heterocycles. The standard InChI is InChI=1S/C11H12ClN3O/c1-8(3-5-13)15(2)11(16)10-7-9(12)4-6-14-10/h4,6-8H,3H2,1-2H3. The van der Waals surface area contributed by atoms with Crippen LogP contribution in [0.1, 0.15) is 23.8 Å². The molecule has 0 saturated heterocycles. The molecule has 0 bridgehead atoms. The Morgan fingerprint density at radius 2 is 2.44 bits per heavy atom. The van der Waals surface area contributed by atoms with E-state index in [1.807, 2.05) is 13.0 Å². The average Bonchev–Trinajstić information content (AvgIpc) is 2.27. The van der Waals surface area contributed by atoms with Crippen molar-refractivity contribution in [1.82, 2.24) is 9.88 Å². The van der Waals surface area contributed by atoms with Crippen molar-refractivity contribution in [2.45, 2.75) is 19.4 Å². The third-order valence-corrected chi connectivity index (χ3v) is 2.54. The van der Waals surface area contributed by atoms with Crippen molar-refractivity contribution in [2.24, 2.45) is 0 Å². The van der Waals surface area contributed by atoms with Gasteiger partial charge in [-0.05, 0) is 19.1 Å². The number of nitriles is 1. The number of rotatable bonds is 3. The first-order valence-electron chi connectivity index (χ1n) is 4.82. The Hall–Kier alpha value is -1.60. The number of pyridine rings is 1. The molecular formula is C11H12ClN3O. The van der Waals surface area contributed by atoms with E-state index < -0.39 is 0 Å². The fraction of sp³-hybridized carbons (Fsp3) is 0.364. The second kappa shape index (κ2) is 5.47. The summed E-state index contributed by atoms with van der Waals surface area (Å²) in [5, 5.41) is 9.03. The lowest BCUT2D eigenvalue weighted by Gasteiger charge is -2.22. The van der Waals surface area contributed by atoms with Crippen LogP contribution in [0.3, 0.4) is 0 Å². The van der Waals surface area contributed by atoms with Gasteiger partial charge in [-0.1, -0.05) is 11.6 Å². The summed E-state index contributed by atoms with van der Waals surface area (Å²) in [5.74, 6) is -0.231. The van der Waals surface area contributed by atoms with Gasteiger partial charge in [0.2, 0.25) is 0 Å². The van der Waals surface area contributed by atoms with Gasteiger partial charge in [-0.15, -0.1) is 0 Å². The minimum Gasteiger partial charge on any atom is -0.337 e. The Balaban J connectivity index is 2.82. The van der Waals surface area contributed by atoms with Crippen molar-refractivity contribution in [3.8, 4) is 6.07 Å². The zero-order valence-electron chi connectivity index (χ0n) is 9.14. The van der Waals surface area contributed by atoms with Gasteiger partial charge in [0, 0.05) is 24.3 Å². The summed E-state index contributed by atoms with van der Waals surface area (Å²) < 4.78 is 0. The number of amides is 1. The van der Waals surface area contributed by atoms with Crippen molar-refractivity contribution in [3.63, 3.8) is 0 Å². The van der Waals surface area contributed by atoms with E-state index in [-0.39, 0.29) is 11.9 Å². The van der Waals surface area contributed by atoms with Crippen molar-refractivity contribution in [1.29, 1.82) is 5.26 Å². The zero-order chi connectivity index (χ0) is 12.1. The lowest BCUT2D eigenvalue weighted by molar-refractivity contribution is 0.0740. The molecule has 1 amide bonds. The maximum Gasteiger partial charge on any atom is 0.272 e. The van der Waals surface area contributed by atoms with Crippen LogP contribution in [0.15, 0.2) is 18.3 Å². The van der Waals surface area contributed by atoms with Crippen LogP contribution in [0.4, 0.5) is 0 Å². The highest BCUT2D eigenvalue weighted by atomic mass is 35.5. The number of aromatic nitrogens is 1. The Morgan fingerprint density at radius 1 is 1.75 bits per heavy atom. The summed E-state index contributed by atoms with van der Waals surface area (Å²) in [6.45, 7) is 1.81. The van der Waals surface area contributed by atoms with E-state index in [4.69, 9.17) is 16.9 Å². The predicted molar refractivity (Wildman–Crippen MR) is 61.0 cm³/mol. The fourth-order valence-corrected chi connectivity index (χ4v) is 1.33. The largest absolute Gasteiger partial charge is 0.337 e. The molecule has 0 aromatic carbocycles. The highest BCUT2D eigenvalue weighted by Crippen LogP contribution is 2.11. The summed E-state index contributed by atoms with van der Waals surface area (Å²) in [7, 11) is 1.65. The number of carbonyl (C=O) groups is 1. The molecule has 5 heteroatoms. The third kappa shape index (κ3) is 2.94. The maximum atomic E-state index is 11.9. The van der Waals surface area contributed by atoms with Gasteiger partial charge in [-0.25, -0.2) is 0 Å². The van der Waals surface area contributed by atoms with Crippen molar-refractivity contribution >= 4 is 17.5 Å². The van der Waals surface area contributed by atoms with Crippen LogP contribution in [0.2, 0.25) is 5.02 Å². The summed E-state index contributed by atoms with van der Waals surface area (Å²) in [5.41, 5.74) is 0.291. The van der Waals surface area contributed by atoms with Gasteiger partial charge in [0.15, 0.2) is 0 Å². The summed E-state index contributed by atoms with van der Waals surface area (Å²) >= 11 is 5.77. The summed E-state index contributed by atoms with van der Waals surface area (Å²) in [4.78, 5) is 17.3. The molecule has 84 valence electrons. The van der Waals surface area contributed by atoms with Gasteiger partial charge in [0.05, 0.1) is 12.5 Å². The van der Waals surface area contributed by atoms with E-state index in [0.29, 0.717) is 17.1 Å². The predicted octanol–water partition coefficient (Wildman–Crippen LogP) is 2.11. The smallest absolute Gasteiger partial charge is 0.272 e. The van der Waals surface area contributed by atoms with E-state index in [0.717, 1.165) is 0 Å². The van der Waals surface area contributed by atoms with Gasteiger partial charge < -0.3 is 4.90 Å². The SMILES string of the molecule is CC(CC#N)N(C)C(=O)c1cc(Cl)ccn1. The van der Waals surface area contributed by atoms with Crippen LogP contribution < -0.4 is 0 Å². The molecule has 1 unspecified atom stereocenters. The molecule has 1 rings (SSSR count). The summed E-state index contributed by atoms with van der Waals surface area (Å²) in [6, 6.07) is 5.01. The minimum absolute atomic E-state index is 0.140. The van der Waals surface area contributed by atoms with Crippen molar-refractivity contribution in [3.05, 3.63) is 29.0 Å². The van der Waals surface area contributed by atoms with Crippen LogP contribution in [-0.2, 0) is 0 Å². The maximum absolute atomic E-state index is 11.9. The van der Waals surface area contributed by atoms with Crippen molar-refractivity contribution < 1.29 is 4.79 Å². The Labute approximate surface area is 99.5 Å². The average molecular weight is 238 g/mol. The second-order valence-electron chi connectivity index (χ2n) is 3.49. The monoisotopic (exact) mass is 237 g/mol. The third-order valence-electron chi connectivity index (χ3n) is 2.31. The first-order chi connectivity index (χ1) is 7.56. The molecule has 0 fully saturated rings. The van der Waals surface area contributed by atoms with Gasteiger partial charge in [-0.3, -0.25) is 9.78 Å². The Morgan fingerprint density at radius 3 is 3.00 bits per heavy atom. The Bertz CT molecular complexity index is 427. The topological polar surface area (TPSA) is 57.0 Å². The van der Waals surface area contributed by atoms with Gasteiger partial charge >= 0.3 is 0 Å². The highest BCUT2D eigenvalue weighted by Gasteiger charge is 2.18. The van der Waals surface area contributed by atoms with E-state index in [1.165, 1.54) is 17.2 Å². The number of carbonyl (C=O) groups excluding carboxylic acids is 1. The van der Waals surface area contributed by atoms with E-state index in [2.05, 4.69) is 4.98 Å². The molecular weight excluding hydrogens is 226 g/mol. The molecule has 16 heavy (non-hydrogen) atoms. The molecule has 1 atom stereocenters. The van der Waals surface area contributed by atoms with Crippen LogP contribution in [0.25, 0.3) is 0 Å². The van der Waals surface area contributed by atoms with Crippen molar-refractivity contribution in [2.75, 3.05) is 7.05 Å². The molecule has 1 aromatic heterocycles. The highest BCUT2D eigenvalue weighted by molar-refractivity contribution is 6.30. The molecule has 0 N–H and O–H groups in total. The van der Waals surface area contributed by atoms with Gasteiger partial charge in [-0.2, -0.15) is 5.26 Å². The minimum atomic E-state index is -0.231. The number of halogens is 1. The van der Waals surface area contributed by atoms with Crippen LogP contribution in [0.5, 0.6) is 0 Å². The number of hydrogen-bond donors (Lipinski definition) is 0. The van der Waals surface area contributed by atoms with Gasteiger partial charge in [0.25, 0.3) is 5.91 Å². The normalized spacial score (nSPS) is 11.6. The van der Waals surface area contributed by atoms with Crippen LogP contribution in [0, 0.1) is 11.3 Å². The zero-order valence-corrected chi connectivity index (χ0v) is 9.90. The number of nitrogens with zero attached hydrogens (tertiary/aromatic N) is 3. The van der Waals surface area contributed by atoms with Crippen LogP contribution in [-0.4, -0.2) is 28.9 Å². The second-order valence-corrected chi connectivity index (χ2v) is 3.92. The first kappa shape index (κ1) is 12.5. The fourth-order valence-electron chi connectivity index (χ4n) is 1.17. The van der Waals surface area contributed by atoms with E-state index in [9.17, 15) is 4.79 Å². The quantitative estimate of drug-likeness (QED) is 0.809.